The van der Waals surface area contributed by atoms with E-state index in [-0.39, 0.29) is 36.3 Å². The fourth-order valence-electron chi connectivity index (χ4n) is 6.19. The first-order valence-corrected chi connectivity index (χ1v) is 13.7. The maximum Gasteiger partial charge on any atom is 0.256 e. The zero-order valence-electron chi connectivity index (χ0n) is 22.9. The molecule has 0 aliphatic carbocycles. The van der Waals surface area contributed by atoms with Gasteiger partial charge in [-0.2, -0.15) is 0 Å². The molecule has 0 radical (unpaired) electrons. The van der Waals surface area contributed by atoms with Crippen LogP contribution in [0.15, 0.2) is 72.8 Å². The molecule has 0 N–H and O–H groups in total. The Bertz CT molecular complexity index is 1270. The number of hydrogen-bond acceptors (Lipinski definition) is 5. The number of halogens is 1. The van der Waals surface area contributed by atoms with Gasteiger partial charge in [-0.05, 0) is 55.6 Å². The predicted octanol–water partition coefficient (Wildman–Crippen LogP) is 5.44. The van der Waals surface area contributed by atoms with E-state index in [4.69, 9.17) is 14.2 Å². The summed E-state index contributed by atoms with van der Waals surface area (Å²) in [6.45, 7) is 4.58. The molecule has 7 heteroatoms. The van der Waals surface area contributed by atoms with Gasteiger partial charge in [-0.3, -0.25) is 9.69 Å². The number of hydrogen-bond donors (Lipinski definition) is 0. The van der Waals surface area contributed by atoms with Crippen LogP contribution in [0.5, 0.6) is 5.75 Å². The van der Waals surface area contributed by atoms with E-state index < -0.39 is 12.0 Å². The van der Waals surface area contributed by atoms with Crippen LogP contribution in [0.1, 0.15) is 52.5 Å². The third kappa shape index (κ3) is 5.57. The molecule has 1 amide bonds. The number of benzene rings is 3. The van der Waals surface area contributed by atoms with E-state index in [0.29, 0.717) is 12.2 Å². The number of ether oxygens (including phenoxy) is 3. The van der Waals surface area contributed by atoms with Gasteiger partial charge in [0.2, 0.25) is 0 Å². The summed E-state index contributed by atoms with van der Waals surface area (Å²) in [6, 6.07) is 23.1. The van der Waals surface area contributed by atoms with E-state index >= 15 is 4.39 Å². The first-order valence-electron chi connectivity index (χ1n) is 13.7. The van der Waals surface area contributed by atoms with Crippen LogP contribution in [0.4, 0.5) is 4.39 Å². The summed E-state index contributed by atoms with van der Waals surface area (Å²) < 4.78 is 31.7. The van der Waals surface area contributed by atoms with Crippen LogP contribution >= 0.6 is 0 Å². The molecule has 0 saturated carbocycles. The molecule has 0 spiro atoms. The van der Waals surface area contributed by atoms with E-state index in [1.165, 1.54) is 5.56 Å². The van der Waals surface area contributed by atoms with Crippen molar-refractivity contribution >= 4 is 5.91 Å². The highest BCUT2D eigenvalue weighted by molar-refractivity contribution is 5.99. The lowest BCUT2D eigenvalue weighted by Crippen LogP contribution is -2.58. The molecule has 3 aromatic rings. The van der Waals surface area contributed by atoms with Gasteiger partial charge in [-0.15, -0.1) is 0 Å². The molecule has 0 bridgehead atoms. The summed E-state index contributed by atoms with van der Waals surface area (Å²) in [5, 5.41) is 0. The van der Waals surface area contributed by atoms with Gasteiger partial charge in [0.15, 0.2) is 17.8 Å². The number of amides is 1. The highest BCUT2D eigenvalue weighted by Gasteiger charge is 2.48. The topological polar surface area (TPSA) is 51.2 Å². The molecular weight excluding hydrogens is 495 g/mol. The Labute approximate surface area is 230 Å². The maximum absolute atomic E-state index is 15.2. The maximum atomic E-state index is 15.2. The summed E-state index contributed by atoms with van der Waals surface area (Å²) in [5.41, 5.74) is 3.70. The summed E-state index contributed by atoms with van der Waals surface area (Å²) >= 11 is 0. The minimum atomic E-state index is -0.487. The van der Waals surface area contributed by atoms with Crippen molar-refractivity contribution in [2.45, 2.75) is 44.0 Å². The lowest BCUT2D eigenvalue weighted by Gasteiger charge is -2.49. The van der Waals surface area contributed by atoms with Crippen molar-refractivity contribution in [3.63, 3.8) is 0 Å². The Morgan fingerprint density at radius 1 is 0.974 bits per heavy atom. The van der Waals surface area contributed by atoms with Crippen LogP contribution in [0.3, 0.4) is 0 Å². The Morgan fingerprint density at radius 2 is 1.74 bits per heavy atom. The van der Waals surface area contributed by atoms with E-state index in [0.717, 1.165) is 37.1 Å². The van der Waals surface area contributed by atoms with E-state index in [9.17, 15) is 4.79 Å². The van der Waals surface area contributed by atoms with Gasteiger partial charge in [0.25, 0.3) is 5.91 Å². The lowest BCUT2D eigenvalue weighted by molar-refractivity contribution is -0.0639. The molecule has 4 unspecified atom stereocenters. The zero-order valence-corrected chi connectivity index (χ0v) is 22.9. The molecule has 39 heavy (non-hydrogen) atoms. The molecule has 1 saturated heterocycles. The number of carbonyl (C=O) groups excluding carboxylic acids is 1. The lowest BCUT2D eigenvalue weighted by atomic mass is 9.80. The highest BCUT2D eigenvalue weighted by Crippen LogP contribution is 2.44. The van der Waals surface area contributed by atoms with Gasteiger partial charge in [-0.1, -0.05) is 54.6 Å². The summed E-state index contributed by atoms with van der Waals surface area (Å²) in [6.07, 6.45) is 1.23. The van der Waals surface area contributed by atoms with E-state index in [2.05, 4.69) is 36.1 Å². The molecule has 206 valence electrons. The average molecular weight is 533 g/mol. The molecular formula is C32H37FN2O4. The van der Waals surface area contributed by atoms with Crippen molar-refractivity contribution in [2.75, 3.05) is 40.5 Å². The fraction of sp³-hybridized carbons (Fsp3) is 0.406. The number of likely N-dealkylation sites (tertiary alicyclic amines) is 1. The number of methoxy groups -OCH3 is 2. The Balaban J connectivity index is 1.46. The van der Waals surface area contributed by atoms with E-state index in [1.54, 1.807) is 26.4 Å². The average Bonchev–Trinajstić information content (AvgIpc) is 3.24. The van der Waals surface area contributed by atoms with Crippen LogP contribution in [0.2, 0.25) is 0 Å². The van der Waals surface area contributed by atoms with Crippen LogP contribution in [0, 0.1) is 5.82 Å². The largest absolute Gasteiger partial charge is 0.488 e. The van der Waals surface area contributed by atoms with Gasteiger partial charge < -0.3 is 19.1 Å². The van der Waals surface area contributed by atoms with Crippen LogP contribution in [0.25, 0.3) is 0 Å². The molecule has 5 rings (SSSR count). The van der Waals surface area contributed by atoms with Crippen molar-refractivity contribution in [2.24, 2.45) is 0 Å². The monoisotopic (exact) mass is 532 g/mol. The van der Waals surface area contributed by atoms with Gasteiger partial charge in [0.1, 0.15) is 6.61 Å². The molecule has 3 aromatic carbocycles. The first kappa shape index (κ1) is 27.3. The van der Waals surface area contributed by atoms with Crippen molar-refractivity contribution in [1.82, 2.24) is 9.80 Å². The Morgan fingerprint density at radius 3 is 2.49 bits per heavy atom. The normalized spacial score (nSPS) is 23.2. The standard InChI is InChI=1S/C32H37FN2O4/c1-22-30(35-31(36)26-11-7-8-12-27(26)32(35)38-3)25(16-18-34(22)17-15-23-9-5-4-6-10-23)24-13-14-29(28(33)21-24)39-20-19-37-2/h4-14,21-22,25,30,32H,15-20H2,1-3H3. The van der Waals surface area contributed by atoms with Crippen molar-refractivity contribution < 1.29 is 23.4 Å². The fourth-order valence-corrected chi connectivity index (χ4v) is 6.19. The van der Waals surface area contributed by atoms with Gasteiger partial charge in [0.05, 0.1) is 12.6 Å². The smallest absolute Gasteiger partial charge is 0.256 e. The molecule has 6 nitrogen and oxygen atoms in total. The van der Waals surface area contributed by atoms with Crippen molar-refractivity contribution in [1.29, 1.82) is 0 Å². The van der Waals surface area contributed by atoms with Crippen LogP contribution in [-0.2, 0) is 15.9 Å². The first-order chi connectivity index (χ1) is 19.0. The minimum absolute atomic E-state index is 0.0315. The zero-order chi connectivity index (χ0) is 27.4. The van der Waals surface area contributed by atoms with Crippen molar-refractivity contribution in [3.8, 4) is 5.75 Å². The van der Waals surface area contributed by atoms with Crippen LogP contribution in [-0.4, -0.2) is 68.3 Å². The predicted molar refractivity (Wildman–Crippen MR) is 148 cm³/mol. The van der Waals surface area contributed by atoms with E-state index in [1.807, 2.05) is 41.3 Å². The molecule has 0 aromatic heterocycles. The number of piperidine rings is 1. The van der Waals surface area contributed by atoms with Gasteiger partial charge in [-0.25, -0.2) is 4.39 Å². The summed E-state index contributed by atoms with van der Waals surface area (Å²) in [7, 11) is 3.23. The number of fused-ring (bicyclic) bond motifs is 1. The quantitative estimate of drug-likeness (QED) is 0.326. The third-order valence-corrected chi connectivity index (χ3v) is 8.16. The molecule has 2 aliphatic heterocycles. The highest BCUT2D eigenvalue weighted by atomic mass is 19.1. The SMILES string of the molecule is COCCOc1ccc(C2CCN(CCc3ccccc3)C(C)C2N2C(=O)c3ccccc3C2OC)cc1F. The molecule has 2 heterocycles. The molecule has 1 fully saturated rings. The van der Waals surface area contributed by atoms with Gasteiger partial charge in [0, 0.05) is 43.9 Å². The molecule has 4 atom stereocenters. The number of rotatable bonds is 10. The van der Waals surface area contributed by atoms with Gasteiger partial charge >= 0.3 is 0 Å². The summed E-state index contributed by atoms with van der Waals surface area (Å²) in [5.74, 6) is -0.295. The second-order valence-corrected chi connectivity index (χ2v) is 10.3. The number of nitrogens with zero attached hydrogens (tertiary/aromatic N) is 2. The Kier molecular flexibility index (Phi) is 8.60. The third-order valence-electron chi connectivity index (χ3n) is 8.16. The summed E-state index contributed by atoms with van der Waals surface area (Å²) in [4.78, 5) is 18.2. The number of carbonyl (C=O) groups is 1. The van der Waals surface area contributed by atoms with Crippen LogP contribution < -0.4 is 4.74 Å². The van der Waals surface area contributed by atoms with Crippen molar-refractivity contribution in [3.05, 3.63) is 101 Å². The second-order valence-electron chi connectivity index (χ2n) is 10.3. The Hall–Kier alpha value is -3.26. The molecule has 2 aliphatic rings. The minimum Gasteiger partial charge on any atom is -0.488 e. The second kappa shape index (κ2) is 12.3.